The van der Waals surface area contributed by atoms with Crippen molar-refractivity contribution in [3.05, 3.63) is 69.3 Å². The minimum atomic E-state index is -0.998. The molecule has 2 rings (SSSR count). The van der Waals surface area contributed by atoms with Crippen molar-refractivity contribution >= 4 is 18.4 Å². The minimum Gasteiger partial charge on any atom is -0.493 e. The van der Waals surface area contributed by atoms with Crippen molar-refractivity contribution in [3.8, 4) is 11.8 Å². The van der Waals surface area contributed by atoms with Crippen LogP contribution in [0.25, 0.3) is 0 Å². The molecule has 30 heavy (non-hydrogen) atoms. The molecule has 1 atom stereocenters. The Morgan fingerprint density at radius 2 is 1.93 bits per heavy atom. The maximum atomic E-state index is 12.4. The fourth-order valence-electron chi connectivity index (χ4n) is 3.68. The predicted molar refractivity (Wildman–Crippen MR) is 120 cm³/mol. The number of aryl methyl sites for hydroxylation is 2. The van der Waals surface area contributed by atoms with Crippen molar-refractivity contribution in [2.45, 2.75) is 47.0 Å². The smallest absolute Gasteiger partial charge is 0.332 e. The molecule has 0 saturated heterocycles. The first-order valence-corrected chi connectivity index (χ1v) is 9.91. The second-order valence-electron chi connectivity index (χ2n) is 7.48. The molecule has 0 amide bonds. The van der Waals surface area contributed by atoms with Gasteiger partial charge in [-0.15, -0.1) is 0 Å². The highest BCUT2D eigenvalue weighted by Crippen LogP contribution is 2.46. The van der Waals surface area contributed by atoms with E-state index < -0.39 is 11.9 Å². The van der Waals surface area contributed by atoms with Gasteiger partial charge in [0.1, 0.15) is 5.75 Å². The number of allylic oxidation sites excluding steroid dienone is 1. The van der Waals surface area contributed by atoms with Gasteiger partial charge in [0.25, 0.3) is 0 Å². The van der Waals surface area contributed by atoms with Crippen LogP contribution in [0.3, 0.4) is 0 Å². The van der Waals surface area contributed by atoms with Crippen molar-refractivity contribution in [2.24, 2.45) is 4.99 Å². The third-order valence-corrected chi connectivity index (χ3v) is 5.05. The third-order valence-electron chi connectivity index (χ3n) is 5.05. The Hall–Kier alpha value is -3.39. The molecule has 5 nitrogen and oxygen atoms in total. The third kappa shape index (κ3) is 4.60. The summed E-state index contributed by atoms with van der Waals surface area (Å²) in [5, 5.41) is 19.4. The molecule has 0 bridgehead atoms. The summed E-state index contributed by atoms with van der Waals surface area (Å²) in [6, 6.07) is 11.2. The van der Waals surface area contributed by atoms with Crippen LogP contribution < -0.4 is 4.74 Å². The van der Waals surface area contributed by atoms with Crippen molar-refractivity contribution in [1.29, 1.82) is 5.26 Å². The molecule has 0 aliphatic heterocycles. The van der Waals surface area contributed by atoms with E-state index >= 15 is 0 Å². The zero-order valence-electron chi connectivity index (χ0n) is 18.2. The Kier molecular flexibility index (Phi) is 7.54. The molecule has 2 aromatic carbocycles. The highest BCUT2D eigenvalue weighted by Gasteiger charge is 2.32. The van der Waals surface area contributed by atoms with Crippen molar-refractivity contribution in [3.63, 3.8) is 0 Å². The zero-order valence-corrected chi connectivity index (χ0v) is 18.2. The van der Waals surface area contributed by atoms with E-state index in [4.69, 9.17) is 4.74 Å². The molecule has 0 fully saturated rings. The summed E-state index contributed by atoms with van der Waals surface area (Å²) in [4.78, 5) is 16.6. The lowest BCUT2D eigenvalue weighted by atomic mass is 9.79. The molecular formula is C25H28N2O3. The maximum absolute atomic E-state index is 12.4. The first-order valence-electron chi connectivity index (χ1n) is 9.91. The topological polar surface area (TPSA) is 82.7 Å². The van der Waals surface area contributed by atoms with Crippen LogP contribution in [0.2, 0.25) is 0 Å². The molecular weight excluding hydrogens is 376 g/mol. The van der Waals surface area contributed by atoms with Crippen LogP contribution in [-0.2, 0) is 4.79 Å². The average molecular weight is 405 g/mol. The van der Waals surface area contributed by atoms with Crippen LogP contribution in [0.4, 0.5) is 5.69 Å². The van der Waals surface area contributed by atoms with Crippen LogP contribution in [0.5, 0.6) is 5.75 Å². The largest absolute Gasteiger partial charge is 0.493 e. The number of hydrogen-bond donors (Lipinski definition) is 1. The van der Waals surface area contributed by atoms with Crippen LogP contribution in [0.1, 0.15) is 60.9 Å². The lowest BCUT2D eigenvalue weighted by molar-refractivity contribution is -0.132. The number of hydrogen-bond acceptors (Lipinski definition) is 4. The predicted octanol–water partition coefficient (Wildman–Crippen LogP) is 5.85. The monoisotopic (exact) mass is 404 g/mol. The fraction of sp³-hybridized carbons (Fsp3) is 0.320. The Bertz CT molecular complexity index is 1040. The SMILES string of the molecule is C=Nc1c(C)ccc(OCCC)c1C(C(C(=O)O)=C(C)C)c1ccc(C#N)cc1C. The number of nitriles is 1. The van der Waals surface area contributed by atoms with Gasteiger partial charge in [0, 0.05) is 17.1 Å². The number of nitrogens with zero attached hydrogens (tertiary/aromatic N) is 2. The van der Waals surface area contributed by atoms with Gasteiger partial charge in [-0.3, -0.25) is 4.99 Å². The molecule has 1 N–H and O–H groups in total. The van der Waals surface area contributed by atoms with Gasteiger partial charge in [-0.1, -0.05) is 24.6 Å². The molecule has 5 heteroatoms. The van der Waals surface area contributed by atoms with Crippen molar-refractivity contribution < 1.29 is 14.6 Å². The summed E-state index contributed by atoms with van der Waals surface area (Å²) in [5.74, 6) is -1.02. The zero-order chi connectivity index (χ0) is 22.4. The lowest BCUT2D eigenvalue weighted by Crippen LogP contribution is -2.17. The summed E-state index contributed by atoms with van der Waals surface area (Å²) in [6.45, 7) is 13.6. The fourth-order valence-corrected chi connectivity index (χ4v) is 3.68. The highest BCUT2D eigenvalue weighted by molar-refractivity contribution is 5.91. The molecule has 0 aliphatic rings. The number of aliphatic carboxylic acids is 1. The van der Waals surface area contributed by atoms with Gasteiger partial charge in [-0.2, -0.15) is 5.26 Å². The highest BCUT2D eigenvalue weighted by atomic mass is 16.5. The molecule has 156 valence electrons. The molecule has 0 spiro atoms. The van der Waals surface area contributed by atoms with E-state index in [9.17, 15) is 15.2 Å². The minimum absolute atomic E-state index is 0.264. The average Bonchev–Trinajstić information content (AvgIpc) is 2.70. The van der Waals surface area contributed by atoms with Gasteiger partial charge < -0.3 is 9.84 Å². The number of aliphatic imine (C=N–C) groups is 1. The van der Waals surface area contributed by atoms with Gasteiger partial charge in [0.15, 0.2) is 0 Å². The standard InChI is InChI=1S/C25H28N2O3/c1-7-12-30-20-11-8-16(4)24(27-6)23(20)22(21(15(2)3)25(28)29)19-10-9-18(14-26)13-17(19)5/h8-11,13,22H,6-7,12H2,1-5H3,(H,28,29). The van der Waals surface area contributed by atoms with Gasteiger partial charge in [-0.25, -0.2) is 4.79 Å². The first-order chi connectivity index (χ1) is 14.3. The van der Waals surface area contributed by atoms with E-state index in [0.717, 1.165) is 23.1 Å². The Balaban J connectivity index is 2.97. The van der Waals surface area contributed by atoms with Crippen LogP contribution in [0, 0.1) is 25.2 Å². The second-order valence-corrected chi connectivity index (χ2v) is 7.48. The first kappa shape index (κ1) is 22.9. The van der Waals surface area contributed by atoms with Crippen LogP contribution in [0.15, 0.2) is 46.5 Å². The molecule has 0 aliphatic carbocycles. The van der Waals surface area contributed by atoms with Gasteiger partial charge >= 0.3 is 5.97 Å². The number of carboxylic acid groups (broad SMARTS) is 1. The molecule has 0 saturated carbocycles. The quantitative estimate of drug-likeness (QED) is 0.442. The van der Waals surface area contributed by atoms with Gasteiger partial charge in [-0.05, 0) is 75.7 Å². The molecule has 2 aromatic rings. The number of benzene rings is 2. The normalized spacial score (nSPS) is 11.3. The van der Waals surface area contributed by atoms with E-state index in [0.29, 0.717) is 34.7 Å². The van der Waals surface area contributed by atoms with E-state index in [1.807, 2.05) is 39.0 Å². The number of rotatable bonds is 8. The Labute approximate surface area is 178 Å². The number of carbonyl (C=O) groups is 1. The summed E-state index contributed by atoms with van der Waals surface area (Å²) in [6.07, 6.45) is 0.819. The van der Waals surface area contributed by atoms with Crippen molar-refractivity contribution in [1.82, 2.24) is 0 Å². The van der Waals surface area contributed by atoms with Crippen LogP contribution in [-0.4, -0.2) is 24.4 Å². The maximum Gasteiger partial charge on any atom is 0.332 e. The summed E-state index contributed by atoms with van der Waals surface area (Å²) >= 11 is 0. The summed E-state index contributed by atoms with van der Waals surface area (Å²) < 4.78 is 6.03. The van der Waals surface area contributed by atoms with Gasteiger partial charge in [0.05, 0.1) is 23.9 Å². The lowest BCUT2D eigenvalue weighted by Gasteiger charge is -2.26. The second kappa shape index (κ2) is 9.89. The van der Waals surface area contributed by atoms with E-state index in [1.165, 1.54) is 0 Å². The van der Waals surface area contributed by atoms with Crippen molar-refractivity contribution in [2.75, 3.05) is 6.61 Å². The van der Waals surface area contributed by atoms with E-state index in [2.05, 4.69) is 17.8 Å². The summed E-state index contributed by atoms with van der Waals surface area (Å²) in [7, 11) is 0. The Morgan fingerprint density at radius 1 is 1.23 bits per heavy atom. The molecule has 0 aromatic heterocycles. The Morgan fingerprint density at radius 3 is 2.43 bits per heavy atom. The number of ether oxygens (including phenoxy) is 1. The van der Waals surface area contributed by atoms with Gasteiger partial charge in [0.2, 0.25) is 0 Å². The van der Waals surface area contributed by atoms with E-state index in [-0.39, 0.29) is 5.57 Å². The summed E-state index contributed by atoms with van der Waals surface area (Å²) in [5.41, 5.74) is 5.30. The number of carboxylic acids is 1. The molecule has 1 unspecified atom stereocenters. The molecule has 0 heterocycles. The molecule has 0 radical (unpaired) electrons. The van der Waals surface area contributed by atoms with Crippen LogP contribution >= 0.6 is 0 Å². The van der Waals surface area contributed by atoms with E-state index in [1.54, 1.807) is 26.0 Å².